The van der Waals surface area contributed by atoms with Crippen molar-refractivity contribution >= 4 is 31.0 Å². The van der Waals surface area contributed by atoms with Crippen LogP contribution in [-0.4, -0.2) is 17.1 Å². The van der Waals surface area contributed by atoms with E-state index >= 15 is 0 Å². The van der Waals surface area contributed by atoms with Gasteiger partial charge in [0.2, 0.25) is 6.79 Å². The molecule has 58 valence electrons. The fraction of sp³-hybridized carbons (Fsp3) is 0.143. The van der Waals surface area contributed by atoms with Crippen LogP contribution < -0.4 is 0 Å². The third-order valence-corrected chi connectivity index (χ3v) is 3.75. The quantitative estimate of drug-likeness (QED) is 0.525. The first kappa shape index (κ1) is 7.02. The number of hydrogen-bond acceptors (Lipinski definition) is 3. The highest BCUT2D eigenvalue weighted by Gasteiger charge is 2.16. The summed E-state index contributed by atoms with van der Waals surface area (Å²) in [5.74, 6) is 0.752. The Bertz CT molecular complexity index is 288. The zero-order chi connectivity index (χ0) is 7.68. The monoisotopic (exact) mass is 264 g/mol. The molecule has 0 amide bonds. The molecule has 0 radical (unpaired) electrons. The Morgan fingerprint density at radius 2 is 2.45 bits per heavy atom. The van der Waals surface area contributed by atoms with Gasteiger partial charge in [0, 0.05) is 5.57 Å². The van der Waals surface area contributed by atoms with Gasteiger partial charge in [-0.2, -0.15) is 0 Å². The van der Waals surface area contributed by atoms with E-state index in [2.05, 4.69) is 0 Å². The molecule has 2 heterocycles. The number of ether oxygens (including phenoxy) is 2. The van der Waals surface area contributed by atoms with Crippen LogP contribution in [0.5, 0.6) is 0 Å². The van der Waals surface area contributed by atoms with E-state index in [-0.39, 0.29) is 20.7 Å². The first-order valence-electron chi connectivity index (χ1n) is 3.03. The molecule has 11 heavy (non-hydrogen) atoms. The number of carbonyl (C=O) groups is 1. The van der Waals surface area contributed by atoms with Crippen LogP contribution in [-0.2, 0) is 14.3 Å². The molecule has 0 aliphatic carbocycles. The van der Waals surface area contributed by atoms with Gasteiger partial charge in [-0.3, -0.25) is 4.79 Å². The molecule has 0 bridgehead atoms. The van der Waals surface area contributed by atoms with E-state index in [0.717, 1.165) is 15.8 Å². The minimum absolute atomic E-state index is 0.268. The van der Waals surface area contributed by atoms with E-state index in [1.54, 1.807) is 6.08 Å². The summed E-state index contributed by atoms with van der Waals surface area (Å²) < 4.78 is 13.2. The molecule has 0 unspecified atom stereocenters. The standard InChI is InChI=1S/C7H5IO3/c9-3-5-1-6-7(8-2-5)11-4-10-6/h1-3H,4H2. The molecule has 0 saturated heterocycles. The molecule has 0 N–H and O–H groups in total. The second-order valence-electron chi connectivity index (χ2n) is 2.02. The lowest BCUT2D eigenvalue weighted by atomic mass is 10.3. The lowest BCUT2D eigenvalue weighted by Crippen LogP contribution is -1.91. The van der Waals surface area contributed by atoms with Crippen LogP contribution in [0.4, 0.5) is 0 Å². The highest BCUT2D eigenvalue weighted by molar-refractivity contribution is 14.2. The number of rotatable bonds is 1. The van der Waals surface area contributed by atoms with Crippen LogP contribution in [0.15, 0.2) is 21.2 Å². The first-order valence-corrected chi connectivity index (χ1v) is 5.36. The third kappa shape index (κ3) is 1.22. The van der Waals surface area contributed by atoms with Crippen LogP contribution >= 0.6 is 20.7 Å². The lowest BCUT2D eigenvalue weighted by molar-refractivity contribution is -0.104. The van der Waals surface area contributed by atoms with Gasteiger partial charge in [0.25, 0.3) is 0 Å². The Labute approximate surface area is 73.4 Å². The van der Waals surface area contributed by atoms with Crippen LogP contribution in [0.2, 0.25) is 0 Å². The molecule has 2 aliphatic rings. The SMILES string of the molecule is O=CC1=CC2=C(OCO2)I=C1. The summed E-state index contributed by atoms with van der Waals surface area (Å²) in [5.41, 5.74) is 0.710. The second kappa shape index (κ2) is 2.77. The predicted molar refractivity (Wildman–Crippen MR) is 48.3 cm³/mol. The lowest BCUT2D eigenvalue weighted by Gasteiger charge is -1.98. The van der Waals surface area contributed by atoms with Crippen molar-refractivity contribution in [1.82, 2.24) is 0 Å². The van der Waals surface area contributed by atoms with Crippen molar-refractivity contribution in [2.45, 2.75) is 0 Å². The van der Waals surface area contributed by atoms with Crippen molar-refractivity contribution in [3.8, 4) is 0 Å². The van der Waals surface area contributed by atoms with Gasteiger partial charge in [0.1, 0.15) is 0 Å². The zero-order valence-electron chi connectivity index (χ0n) is 5.54. The number of halogens is 1. The van der Waals surface area contributed by atoms with Crippen molar-refractivity contribution in [3.63, 3.8) is 0 Å². The number of allylic oxidation sites excluding steroid dienone is 2. The minimum atomic E-state index is -0.268. The number of aldehydes is 1. The van der Waals surface area contributed by atoms with Crippen molar-refractivity contribution in [1.29, 1.82) is 0 Å². The van der Waals surface area contributed by atoms with Crippen molar-refractivity contribution < 1.29 is 14.3 Å². The predicted octanol–water partition coefficient (Wildman–Crippen LogP) is 1.07. The number of hydrogen-bond donors (Lipinski definition) is 0. The van der Waals surface area contributed by atoms with Crippen LogP contribution in [0, 0.1) is 0 Å². The zero-order valence-corrected chi connectivity index (χ0v) is 7.70. The Morgan fingerprint density at radius 3 is 3.27 bits per heavy atom. The van der Waals surface area contributed by atoms with Gasteiger partial charge in [-0.1, -0.05) is 0 Å². The molecule has 0 fully saturated rings. The van der Waals surface area contributed by atoms with Gasteiger partial charge >= 0.3 is 0 Å². The largest absolute Gasteiger partial charge is 0.453 e. The van der Waals surface area contributed by atoms with Gasteiger partial charge in [0.15, 0.2) is 15.8 Å². The summed E-state index contributed by atoms with van der Waals surface area (Å²) in [4.78, 5) is 10.3. The fourth-order valence-corrected chi connectivity index (χ4v) is 2.71. The maximum atomic E-state index is 10.3. The average Bonchev–Trinajstić information content (AvgIpc) is 2.50. The van der Waals surface area contributed by atoms with E-state index in [0.29, 0.717) is 12.4 Å². The van der Waals surface area contributed by atoms with Crippen molar-refractivity contribution in [2.75, 3.05) is 6.79 Å². The molecule has 0 aromatic heterocycles. The molecule has 0 spiro atoms. The smallest absolute Gasteiger partial charge is 0.231 e. The van der Waals surface area contributed by atoms with Crippen LogP contribution in [0.1, 0.15) is 0 Å². The summed E-state index contributed by atoms with van der Waals surface area (Å²) in [5, 5.41) is 0. The minimum Gasteiger partial charge on any atom is -0.453 e. The Balaban J connectivity index is 2.37. The van der Waals surface area contributed by atoms with Crippen molar-refractivity contribution in [3.05, 3.63) is 21.2 Å². The molecular formula is C7H5IO3. The molecule has 2 rings (SSSR count). The van der Waals surface area contributed by atoms with Crippen molar-refractivity contribution in [2.24, 2.45) is 0 Å². The highest BCUT2D eigenvalue weighted by atomic mass is 127. The average molecular weight is 264 g/mol. The van der Waals surface area contributed by atoms with Crippen LogP contribution in [0.3, 0.4) is 0 Å². The topological polar surface area (TPSA) is 35.5 Å². The van der Waals surface area contributed by atoms with E-state index < -0.39 is 0 Å². The summed E-state index contributed by atoms with van der Waals surface area (Å²) >= 11 is -0.268. The van der Waals surface area contributed by atoms with E-state index in [1.807, 2.05) is 4.01 Å². The molecule has 0 saturated carbocycles. The maximum Gasteiger partial charge on any atom is 0.231 e. The van der Waals surface area contributed by atoms with Gasteiger partial charge in [0.05, 0.1) is 0 Å². The fourth-order valence-electron chi connectivity index (χ4n) is 0.811. The molecule has 3 nitrogen and oxygen atoms in total. The third-order valence-electron chi connectivity index (χ3n) is 1.31. The summed E-state index contributed by atoms with van der Waals surface area (Å²) in [6.45, 7) is 0.306. The second-order valence-corrected chi connectivity index (χ2v) is 4.25. The molecule has 0 atom stereocenters. The molecular weight excluding hydrogens is 259 g/mol. The Hall–Kier alpha value is -0.650. The van der Waals surface area contributed by atoms with E-state index in [9.17, 15) is 4.79 Å². The summed E-state index contributed by atoms with van der Waals surface area (Å²) in [6, 6.07) is 0. The number of carbonyl (C=O) groups excluding carboxylic acids is 1. The maximum absolute atomic E-state index is 10.3. The molecule has 4 heteroatoms. The highest BCUT2D eigenvalue weighted by Crippen LogP contribution is 2.31. The van der Waals surface area contributed by atoms with Gasteiger partial charge in [-0.05, 0) is 30.8 Å². The Kier molecular flexibility index (Phi) is 1.77. The first-order chi connectivity index (χ1) is 5.40. The molecule has 2 aliphatic heterocycles. The van der Waals surface area contributed by atoms with Crippen LogP contribution in [0.25, 0.3) is 0 Å². The summed E-state index contributed by atoms with van der Waals surface area (Å²) in [7, 11) is 0. The normalized spacial score (nSPS) is 20.9. The molecule has 0 aromatic rings. The van der Waals surface area contributed by atoms with Gasteiger partial charge in [-0.25, -0.2) is 0 Å². The van der Waals surface area contributed by atoms with Gasteiger partial charge in [-0.15, -0.1) is 0 Å². The Morgan fingerprint density at radius 1 is 1.55 bits per heavy atom. The van der Waals surface area contributed by atoms with E-state index in [4.69, 9.17) is 9.47 Å². The van der Waals surface area contributed by atoms with E-state index in [1.165, 1.54) is 0 Å². The summed E-state index contributed by atoms with van der Waals surface area (Å²) in [6.07, 6.45) is 2.56. The van der Waals surface area contributed by atoms with Gasteiger partial charge < -0.3 is 9.47 Å². The molecule has 0 aromatic carbocycles.